The van der Waals surface area contributed by atoms with Crippen molar-refractivity contribution in [3.8, 4) is 11.5 Å². The molecule has 2 rings (SSSR count). The van der Waals surface area contributed by atoms with Gasteiger partial charge in [-0.05, 0) is 78.2 Å². The average molecular weight is 600 g/mol. The molecule has 0 saturated heterocycles. The van der Waals surface area contributed by atoms with Crippen LogP contribution < -0.4 is 20.5 Å². The number of pyridine rings is 1. The SMILES string of the molecule is COCCCOc1cc(C[C@@H](C[C@H](N)[C@@H](O)C[C@H](C(=O)NCC(C)(C)Cc2cccnc2)C(C)C)C(C)C)ccc1OC. The zero-order valence-corrected chi connectivity index (χ0v) is 27.8. The Bertz CT molecular complexity index is 1080. The molecule has 0 aliphatic heterocycles. The number of benzene rings is 1. The van der Waals surface area contributed by atoms with Crippen molar-refractivity contribution in [2.75, 3.05) is 34.0 Å². The fourth-order valence-electron chi connectivity index (χ4n) is 5.44. The second-order valence-electron chi connectivity index (χ2n) is 13.4. The van der Waals surface area contributed by atoms with Gasteiger partial charge in [0.15, 0.2) is 11.5 Å². The Morgan fingerprint density at radius 3 is 2.37 bits per heavy atom. The topological polar surface area (TPSA) is 116 Å². The van der Waals surface area contributed by atoms with Gasteiger partial charge >= 0.3 is 0 Å². The molecule has 0 aliphatic carbocycles. The van der Waals surface area contributed by atoms with E-state index in [2.05, 4.69) is 50.1 Å². The van der Waals surface area contributed by atoms with Crippen molar-refractivity contribution in [2.45, 2.75) is 85.8 Å². The number of aromatic nitrogens is 1. The number of hydrogen-bond acceptors (Lipinski definition) is 7. The van der Waals surface area contributed by atoms with Crippen LogP contribution in [0.3, 0.4) is 0 Å². The highest BCUT2D eigenvalue weighted by Gasteiger charge is 2.31. The third-order valence-electron chi connectivity index (χ3n) is 8.27. The second-order valence-corrected chi connectivity index (χ2v) is 13.4. The van der Waals surface area contributed by atoms with Gasteiger partial charge in [0, 0.05) is 51.0 Å². The molecular formula is C35H57N3O5. The Balaban J connectivity index is 1.99. The third kappa shape index (κ3) is 12.8. The van der Waals surface area contributed by atoms with E-state index >= 15 is 0 Å². The lowest BCUT2D eigenvalue weighted by atomic mass is 9.80. The van der Waals surface area contributed by atoms with E-state index in [1.54, 1.807) is 20.4 Å². The van der Waals surface area contributed by atoms with Crippen LogP contribution in [-0.4, -0.2) is 62.1 Å². The zero-order chi connectivity index (χ0) is 32.0. The Morgan fingerprint density at radius 1 is 1.02 bits per heavy atom. The molecule has 0 spiro atoms. The first-order chi connectivity index (χ1) is 20.4. The van der Waals surface area contributed by atoms with E-state index in [1.807, 2.05) is 38.2 Å². The highest BCUT2D eigenvalue weighted by atomic mass is 16.5. The Hall–Kier alpha value is -2.68. The molecule has 0 bridgehead atoms. The Labute approximate surface area is 260 Å². The van der Waals surface area contributed by atoms with Gasteiger partial charge in [-0.3, -0.25) is 9.78 Å². The molecule has 0 unspecified atom stereocenters. The summed E-state index contributed by atoms with van der Waals surface area (Å²) in [4.78, 5) is 17.5. The smallest absolute Gasteiger partial charge is 0.223 e. The summed E-state index contributed by atoms with van der Waals surface area (Å²) in [6, 6.07) is 9.59. The molecule has 2 aromatic rings. The first-order valence-corrected chi connectivity index (χ1v) is 15.8. The molecule has 0 radical (unpaired) electrons. The number of ether oxygens (including phenoxy) is 3. The fraction of sp³-hybridized carbons (Fsp3) is 0.657. The second kappa shape index (κ2) is 18.2. The molecule has 4 N–H and O–H groups in total. The van der Waals surface area contributed by atoms with Gasteiger partial charge in [0.1, 0.15) is 0 Å². The number of nitrogens with one attached hydrogen (secondary N) is 1. The molecule has 0 fully saturated rings. The van der Waals surface area contributed by atoms with Gasteiger partial charge in [-0.2, -0.15) is 0 Å². The highest BCUT2D eigenvalue weighted by molar-refractivity contribution is 5.79. The van der Waals surface area contributed by atoms with Crippen LogP contribution in [0.2, 0.25) is 0 Å². The van der Waals surface area contributed by atoms with Crippen molar-refractivity contribution in [3.63, 3.8) is 0 Å². The van der Waals surface area contributed by atoms with Gasteiger partial charge < -0.3 is 30.4 Å². The number of rotatable bonds is 20. The van der Waals surface area contributed by atoms with E-state index in [9.17, 15) is 9.90 Å². The van der Waals surface area contributed by atoms with E-state index < -0.39 is 12.1 Å². The average Bonchev–Trinajstić information content (AvgIpc) is 2.96. The molecule has 1 amide bonds. The van der Waals surface area contributed by atoms with Crippen molar-refractivity contribution in [3.05, 3.63) is 53.9 Å². The molecule has 1 aromatic heterocycles. The number of aliphatic hydroxyl groups is 1. The number of carbonyl (C=O) groups excluding carboxylic acids is 1. The first-order valence-electron chi connectivity index (χ1n) is 15.8. The zero-order valence-electron chi connectivity index (χ0n) is 27.8. The lowest BCUT2D eigenvalue weighted by molar-refractivity contribution is -0.128. The Morgan fingerprint density at radius 2 is 1.77 bits per heavy atom. The molecule has 8 heteroatoms. The van der Waals surface area contributed by atoms with Crippen molar-refractivity contribution in [1.29, 1.82) is 0 Å². The fourth-order valence-corrected chi connectivity index (χ4v) is 5.44. The molecule has 43 heavy (non-hydrogen) atoms. The van der Waals surface area contributed by atoms with E-state index in [1.165, 1.54) is 0 Å². The number of methoxy groups -OCH3 is 2. The van der Waals surface area contributed by atoms with E-state index in [0.29, 0.717) is 44.3 Å². The van der Waals surface area contributed by atoms with Crippen molar-refractivity contribution < 1.29 is 24.1 Å². The predicted octanol–water partition coefficient (Wildman–Crippen LogP) is 5.45. The predicted molar refractivity (Wildman–Crippen MR) is 173 cm³/mol. The number of amides is 1. The largest absolute Gasteiger partial charge is 0.493 e. The van der Waals surface area contributed by atoms with Gasteiger partial charge in [0.05, 0.1) is 19.8 Å². The molecule has 8 nitrogen and oxygen atoms in total. The van der Waals surface area contributed by atoms with Crippen LogP contribution in [0.5, 0.6) is 11.5 Å². The van der Waals surface area contributed by atoms with Crippen molar-refractivity contribution in [1.82, 2.24) is 10.3 Å². The molecule has 1 aromatic carbocycles. The van der Waals surface area contributed by atoms with Crippen LogP contribution >= 0.6 is 0 Å². The number of nitrogens with two attached hydrogens (primary N) is 1. The summed E-state index contributed by atoms with van der Waals surface area (Å²) in [5.41, 5.74) is 8.76. The summed E-state index contributed by atoms with van der Waals surface area (Å²) in [7, 11) is 3.32. The van der Waals surface area contributed by atoms with Crippen LogP contribution in [0.15, 0.2) is 42.7 Å². The lowest BCUT2D eigenvalue weighted by Gasteiger charge is -2.31. The van der Waals surface area contributed by atoms with Crippen LogP contribution in [0.4, 0.5) is 0 Å². The molecule has 0 aliphatic rings. The minimum atomic E-state index is -0.779. The van der Waals surface area contributed by atoms with Crippen LogP contribution in [-0.2, 0) is 22.4 Å². The standard InChI is InChI=1S/C35H57N3O5/c1-24(2)28(17-26-12-13-32(42-8)33(18-26)43-16-10-15-41-7)19-30(36)31(39)20-29(25(3)4)34(40)38-23-35(5,6)21-27-11-9-14-37-22-27/h9,11-14,18,22,24-25,28-31,39H,10,15-17,19-21,23,36H2,1-8H3,(H,38,40)/t28-,29-,30-,31-/m0/s1. The lowest BCUT2D eigenvalue weighted by Crippen LogP contribution is -2.44. The first kappa shape index (κ1) is 36.5. The van der Waals surface area contributed by atoms with E-state index in [4.69, 9.17) is 19.9 Å². The molecule has 1 heterocycles. The van der Waals surface area contributed by atoms with Crippen LogP contribution in [0.25, 0.3) is 0 Å². The maximum absolute atomic E-state index is 13.3. The summed E-state index contributed by atoms with van der Waals surface area (Å²) in [6.45, 7) is 14.4. The van der Waals surface area contributed by atoms with Gasteiger partial charge in [0.2, 0.25) is 5.91 Å². The minimum absolute atomic E-state index is 0.0304. The van der Waals surface area contributed by atoms with Gasteiger partial charge in [-0.15, -0.1) is 0 Å². The van der Waals surface area contributed by atoms with Gasteiger partial charge in [0.25, 0.3) is 0 Å². The summed E-state index contributed by atoms with van der Waals surface area (Å²) in [6.07, 6.45) is 6.25. The summed E-state index contributed by atoms with van der Waals surface area (Å²) in [5.74, 6) is 1.75. The summed E-state index contributed by atoms with van der Waals surface area (Å²) in [5, 5.41) is 14.4. The summed E-state index contributed by atoms with van der Waals surface area (Å²) < 4.78 is 16.6. The third-order valence-corrected chi connectivity index (χ3v) is 8.27. The van der Waals surface area contributed by atoms with Crippen LogP contribution in [0.1, 0.15) is 71.9 Å². The number of hydrogen-bond donors (Lipinski definition) is 3. The quantitative estimate of drug-likeness (QED) is 0.174. The van der Waals surface area contributed by atoms with Crippen LogP contribution in [0, 0.1) is 29.1 Å². The van der Waals surface area contributed by atoms with E-state index in [-0.39, 0.29) is 29.1 Å². The van der Waals surface area contributed by atoms with Gasteiger partial charge in [-0.1, -0.05) is 53.7 Å². The highest BCUT2D eigenvalue weighted by Crippen LogP contribution is 2.32. The van der Waals surface area contributed by atoms with Crippen molar-refractivity contribution >= 4 is 5.91 Å². The minimum Gasteiger partial charge on any atom is -0.493 e. The number of aliphatic hydroxyl groups excluding tert-OH is 1. The summed E-state index contributed by atoms with van der Waals surface area (Å²) >= 11 is 0. The monoisotopic (exact) mass is 599 g/mol. The number of nitrogens with zero attached hydrogens (tertiary/aromatic N) is 1. The molecule has 242 valence electrons. The van der Waals surface area contributed by atoms with E-state index in [0.717, 1.165) is 36.1 Å². The Kier molecular flexibility index (Phi) is 15.5. The normalized spacial score (nSPS) is 14.8. The van der Waals surface area contributed by atoms with Crippen molar-refractivity contribution in [2.24, 2.45) is 34.8 Å². The maximum atomic E-state index is 13.3. The van der Waals surface area contributed by atoms with Gasteiger partial charge in [-0.25, -0.2) is 0 Å². The molecule has 4 atom stereocenters. The molecular weight excluding hydrogens is 542 g/mol. The number of carbonyl (C=O) groups is 1. The maximum Gasteiger partial charge on any atom is 0.223 e. The molecule has 0 saturated carbocycles.